The van der Waals surface area contributed by atoms with Gasteiger partial charge in [-0.3, -0.25) is 14.6 Å². The lowest BCUT2D eigenvalue weighted by Gasteiger charge is -2.17. The number of amides is 1. The number of aromatic nitrogens is 3. The number of aliphatic carboxylic acids is 1. The molecule has 0 bridgehead atoms. The molecule has 158 valence electrons. The minimum Gasteiger partial charge on any atom is -0.481 e. The first kappa shape index (κ1) is 21.6. The highest BCUT2D eigenvalue weighted by molar-refractivity contribution is 7.17. The van der Waals surface area contributed by atoms with Gasteiger partial charge >= 0.3 is 5.97 Å². The van der Waals surface area contributed by atoms with E-state index < -0.39 is 11.9 Å². The Kier molecular flexibility index (Phi) is 6.94. The summed E-state index contributed by atoms with van der Waals surface area (Å²) < 4.78 is 0.708. The zero-order chi connectivity index (χ0) is 21.7. The van der Waals surface area contributed by atoms with Gasteiger partial charge in [-0.25, -0.2) is 9.97 Å². The van der Waals surface area contributed by atoms with Crippen LogP contribution in [-0.4, -0.2) is 49.9 Å². The quantitative estimate of drug-likeness (QED) is 0.637. The molecule has 1 saturated heterocycles. The number of likely N-dealkylation sites (tertiary alicyclic amines) is 1. The van der Waals surface area contributed by atoms with Crippen molar-refractivity contribution in [2.45, 2.75) is 33.2 Å². The van der Waals surface area contributed by atoms with Crippen molar-refractivity contribution in [3.8, 4) is 0 Å². The summed E-state index contributed by atoms with van der Waals surface area (Å²) in [5, 5.41) is 14.3. The minimum atomic E-state index is -0.870. The maximum Gasteiger partial charge on any atom is 0.308 e. The SMILES string of the molecule is CC.C[C@H](Nc1nc(C(=O)N2CCC(C(=O)O)C2)c2sccc2n1)c1ccccn1. The van der Waals surface area contributed by atoms with Gasteiger partial charge in [-0.15, -0.1) is 11.3 Å². The van der Waals surface area contributed by atoms with E-state index in [1.165, 1.54) is 11.3 Å². The maximum absolute atomic E-state index is 13.0. The summed E-state index contributed by atoms with van der Waals surface area (Å²) in [6.45, 7) is 6.57. The van der Waals surface area contributed by atoms with Gasteiger partial charge in [0, 0.05) is 19.3 Å². The molecule has 2 atom stereocenters. The molecule has 1 aliphatic rings. The van der Waals surface area contributed by atoms with Crippen molar-refractivity contribution in [3.05, 3.63) is 47.2 Å². The van der Waals surface area contributed by atoms with E-state index in [0.717, 1.165) is 5.69 Å². The number of carbonyl (C=O) groups is 2. The molecular formula is C21H25N5O3S. The van der Waals surface area contributed by atoms with Gasteiger partial charge in [-0.05, 0) is 36.9 Å². The summed E-state index contributed by atoms with van der Waals surface area (Å²) in [5.41, 5.74) is 1.84. The van der Waals surface area contributed by atoms with Gasteiger partial charge in [0.05, 0.1) is 27.9 Å². The number of hydrogen-bond acceptors (Lipinski definition) is 7. The highest BCUT2D eigenvalue weighted by atomic mass is 32.1. The first-order chi connectivity index (χ1) is 14.5. The van der Waals surface area contributed by atoms with Gasteiger partial charge in [-0.1, -0.05) is 19.9 Å². The molecule has 30 heavy (non-hydrogen) atoms. The molecule has 1 fully saturated rings. The lowest BCUT2D eigenvalue weighted by atomic mass is 10.1. The Hall–Kier alpha value is -3.07. The van der Waals surface area contributed by atoms with Crippen LogP contribution < -0.4 is 5.32 Å². The summed E-state index contributed by atoms with van der Waals surface area (Å²) in [5.74, 6) is -1.30. The van der Waals surface area contributed by atoms with Crippen LogP contribution in [0.5, 0.6) is 0 Å². The average Bonchev–Trinajstić information content (AvgIpc) is 3.44. The van der Waals surface area contributed by atoms with Gasteiger partial charge in [0.1, 0.15) is 0 Å². The Bertz CT molecular complexity index is 1020. The molecule has 9 heteroatoms. The average molecular weight is 428 g/mol. The lowest BCUT2D eigenvalue weighted by Crippen LogP contribution is -2.31. The molecule has 3 aromatic rings. The fraction of sp³-hybridized carbons (Fsp3) is 0.381. The van der Waals surface area contributed by atoms with Crippen LogP contribution in [0.1, 0.15) is 49.4 Å². The molecule has 0 radical (unpaired) electrons. The molecule has 1 unspecified atom stereocenters. The van der Waals surface area contributed by atoms with Crippen molar-refractivity contribution in [2.75, 3.05) is 18.4 Å². The van der Waals surface area contributed by atoms with Crippen LogP contribution in [0.3, 0.4) is 0 Å². The van der Waals surface area contributed by atoms with Crippen LogP contribution in [-0.2, 0) is 4.79 Å². The molecule has 8 nitrogen and oxygen atoms in total. The van der Waals surface area contributed by atoms with Crippen molar-refractivity contribution in [1.82, 2.24) is 19.9 Å². The fourth-order valence-electron chi connectivity index (χ4n) is 3.27. The van der Waals surface area contributed by atoms with E-state index in [-0.39, 0.29) is 18.5 Å². The third-order valence-corrected chi connectivity index (χ3v) is 5.72. The zero-order valence-corrected chi connectivity index (χ0v) is 18.0. The topological polar surface area (TPSA) is 108 Å². The van der Waals surface area contributed by atoms with Gasteiger partial charge in [0.2, 0.25) is 5.95 Å². The summed E-state index contributed by atoms with van der Waals surface area (Å²) in [4.78, 5) is 39.1. The van der Waals surface area contributed by atoms with E-state index in [4.69, 9.17) is 0 Å². The van der Waals surface area contributed by atoms with E-state index in [0.29, 0.717) is 34.8 Å². The molecule has 4 heterocycles. The van der Waals surface area contributed by atoms with Crippen molar-refractivity contribution >= 4 is 39.4 Å². The summed E-state index contributed by atoms with van der Waals surface area (Å²) in [7, 11) is 0. The summed E-state index contributed by atoms with van der Waals surface area (Å²) in [6.07, 6.45) is 2.18. The molecule has 0 aromatic carbocycles. The van der Waals surface area contributed by atoms with Crippen molar-refractivity contribution in [2.24, 2.45) is 5.92 Å². The number of nitrogens with one attached hydrogen (secondary N) is 1. The number of carbonyl (C=O) groups excluding carboxylic acids is 1. The number of fused-ring (bicyclic) bond motifs is 1. The van der Waals surface area contributed by atoms with Crippen LogP contribution in [0.4, 0.5) is 5.95 Å². The Labute approximate surface area is 179 Å². The number of thiophene rings is 1. The predicted molar refractivity (Wildman–Crippen MR) is 117 cm³/mol. The summed E-state index contributed by atoms with van der Waals surface area (Å²) >= 11 is 1.40. The van der Waals surface area contributed by atoms with E-state index in [9.17, 15) is 14.7 Å². The van der Waals surface area contributed by atoms with Crippen LogP contribution in [0, 0.1) is 5.92 Å². The van der Waals surface area contributed by atoms with Crippen LogP contribution in [0.15, 0.2) is 35.8 Å². The number of pyridine rings is 1. The number of anilines is 1. The molecule has 2 N–H and O–H groups in total. The van der Waals surface area contributed by atoms with E-state index in [2.05, 4.69) is 20.3 Å². The van der Waals surface area contributed by atoms with Crippen molar-refractivity contribution in [1.29, 1.82) is 0 Å². The Morgan fingerprint density at radius 1 is 1.27 bits per heavy atom. The van der Waals surface area contributed by atoms with Gasteiger partial charge in [-0.2, -0.15) is 0 Å². The third-order valence-electron chi connectivity index (χ3n) is 4.81. The number of rotatable bonds is 5. The number of hydrogen-bond donors (Lipinski definition) is 2. The highest BCUT2D eigenvalue weighted by Crippen LogP contribution is 2.27. The molecule has 1 amide bonds. The van der Waals surface area contributed by atoms with Crippen molar-refractivity contribution in [3.63, 3.8) is 0 Å². The predicted octanol–water partition coefficient (Wildman–Crippen LogP) is 3.83. The molecule has 4 rings (SSSR count). The van der Waals surface area contributed by atoms with Crippen LogP contribution in [0.25, 0.3) is 10.2 Å². The lowest BCUT2D eigenvalue weighted by molar-refractivity contribution is -0.141. The number of carboxylic acids is 1. The number of carboxylic acid groups (broad SMARTS) is 1. The Balaban J connectivity index is 0.00000124. The Morgan fingerprint density at radius 2 is 2.07 bits per heavy atom. The monoisotopic (exact) mass is 427 g/mol. The van der Waals surface area contributed by atoms with E-state index >= 15 is 0 Å². The second kappa shape index (κ2) is 9.62. The molecule has 0 saturated carbocycles. The molecule has 3 aromatic heterocycles. The Morgan fingerprint density at radius 3 is 2.73 bits per heavy atom. The summed E-state index contributed by atoms with van der Waals surface area (Å²) in [6, 6.07) is 7.37. The number of nitrogens with zero attached hydrogens (tertiary/aromatic N) is 4. The minimum absolute atomic E-state index is 0.136. The maximum atomic E-state index is 13.0. The zero-order valence-electron chi connectivity index (χ0n) is 17.2. The molecule has 1 aliphatic heterocycles. The van der Waals surface area contributed by atoms with Gasteiger partial charge in [0.25, 0.3) is 5.91 Å². The van der Waals surface area contributed by atoms with Crippen LogP contribution >= 0.6 is 11.3 Å². The molecule has 0 spiro atoms. The fourth-order valence-corrected chi connectivity index (χ4v) is 4.08. The van der Waals surface area contributed by atoms with E-state index in [1.54, 1.807) is 11.1 Å². The van der Waals surface area contributed by atoms with Crippen molar-refractivity contribution < 1.29 is 14.7 Å². The standard InChI is InChI=1S/C19H19N5O3S.C2H6/c1-11(13-4-2-3-7-20-13)21-19-22-14-6-9-28-16(14)15(23-19)17(25)24-8-5-12(10-24)18(26)27;1-2/h2-4,6-7,9,11-12H,5,8,10H2,1H3,(H,26,27)(H,21,22,23);1-2H3/t11-,12?;/m0./s1. The molecule has 0 aliphatic carbocycles. The first-order valence-corrected chi connectivity index (χ1v) is 10.9. The molecular weight excluding hydrogens is 402 g/mol. The second-order valence-corrected chi connectivity index (χ2v) is 7.64. The largest absolute Gasteiger partial charge is 0.481 e. The van der Waals surface area contributed by atoms with Gasteiger partial charge in [0.15, 0.2) is 5.69 Å². The van der Waals surface area contributed by atoms with E-state index in [1.807, 2.05) is 50.4 Å². The smallest absolute Gasteiger partial charge is 0.308 e. The van der Waals surface area contributed by atoms with Crippen LogP contribution in [0.2, 0.25) is 0 Å². The van der Waals surface area contributed by atoms with Gasteiger partial charge < -0.3 is 15.3 Å². The second-order valence-electron chi connectivity index (χ2n) is 6.73. The first-order valence-electron chi connectivity index (χ1n) is 9.97. The third kappa shape index (κ3) is 4.56. The normalized spacial score (nSPS) is 16.6. The highest BCUT2D eigenvalue weighted by Gasteiger charge is 2.33.